The minimum atomic E-state index is -0.159. The predicted octanol–water partition coefficient (Wildman–Crippen LogP) is 1.37. The number of hydrogen-bond acceptors (Lipinski definition) is 6. The Balaban J connectivity index is 2.05. The van der Waals surface area contributed by atoms with Crippen molar-refractivity contribution in [3.63, 3.8) is 0 Å². The van der Waals surface area contributed by atoms with Gasteiger partial charge in [-0.3, -0.25) is 4.79 Å². The molecule has 1 amide bonds. The van der Waals surface area contributed by atoms with Gasteiger partial charge in [0.15, 0.2) is 0 Å². The number of hydrazine groups is 1. The zero-order chi connectivity index (χ0) is 13.8. The van der Waals surface area contributed by atoms with Gasteiger partial charge in [-0.25, -0.2) is 15.8 Å². The molecule has 6 nitrogen and oxygen atoms in total. The number of nitrogens with one attached hydrogen (secondary N) is 2. The molecular weight excluding hydrogens is 262 g/mol. The fourth-order valence-electron chi connectivity index (χ4n) is 1.63. The molecule has 100 valence electrons. The molecule has 0 aliphatic carbocycles. The van der Waals surface area contributed by atoms with E-state index in [0.29, 0.717) is 17.9 Å². The Bertz CT molecular complexity index is 596. The smallest absolute Gasteiger partial charge is 0.251 e. The molecule has 0 fully saturated rings. The molecule has 0 atom stereocenters. The van der Waals surface area contributed by atoms with Crippen molar-refractivity contribution in [2.75, 3.05) is 5.43 Å². The number of aromatic nitrogens is 2. The standard InChI is InChI=1S/C12H15N5OS/c1-7-3-9(4-11(16-7)17-13)12(18)15-6-10-5-14-8(2)19-10/h3-5H,6,13H2,1-2H3,(H,15,18)(H,16,17). The second-order valence-electron chi connectivity index (χ2n) is 4.06. The van der Waals surface area contributed by atoms with E-state index in [-0.39, 0.29) is 5.91 Å². The van der Waals surface area contributed by atoms with E-state index in [1.807, 2.05) is 13.8 Å². The van der Waals surface area contributed by atoms with Gasteiger partial charge < -0.3 is 10.7 Å². The minimum Gasteiger partial charge on any atom is -0.347 e. The molecule has 19 heavy (non-hydrogen) atoms. The topological polar surface area (TPSA) is 92.9 Å². The highest BCUT2D eigenvalue weighted by Gasteiger charge is 2.08. The molecule has 0 aliphatic rings. The molecule has 0 radical (unpaired) electrons. The third-order valence-electron chi connectivity index (χ3n) is 2.46. The van der Waals surface area contributed by atoms with Crippen molar-refractivity contribution in [1.29, 1.82) is 0 Å². The van der Waals surface area contributed by atoms with Gasteiger partial charge in [-0.2, -0.15) is 0 Å². The summed E-state index contributed by atoms with van der Waals surface area (Å²) in [5.41, 5.74) is 3.70. The van der Waals surface area contributed by atoms with Crippen LogP contribution in [-0.2, 0) is 6.54 Å². The van der Waals surface area contributed by atoms with Crippen molar-refractivity contribution in [2.45, 2.75) is 20.4 Å². The first-order valence-corrected chi connectivity index (χ1v) is 6.55. The number of anilines is 1. The first kappa shape index (κ1) is 13.4. The highest BCUT2D eigenvalue weighted by Crippen LogP contribution is 2.12. The van der Waals surface area contributed by atoms with Gasteiger partial charge >= 0.3 is 0 Å². The minimum absolute atomic E-state index is 0.159. The number of thiazole rings is 1. The lowest BCUT2D eigenvalue weighted by atomic mass is 10.2. The zero-order valence-electron chi connectivity index (χ0n) is 10.7. The van der Waals surface area contributed by atoms with Crippen LogP contribution in [0, 0.1) is 13.8 Å². The summed E-state index contributed by atoms with van der Waals surface area (Å²) in [6, 6.07) is 3.33. The molecule has 0 saturated heterocycles. The molecule has 2 aromatic heterocycles. The number of pyridine rings is 1. The SMILES string of the molecule is Cc1cc(C(=O)NCc2cnc(C)s2)cc(NN)n1. The predicted molar refractivity (Wildman–Crippen MR) is 74.8 cm³/mol. The van der Waals surface area contributed by atoms with Crippen LogP contribution in [-0.4, -0.2) is 15.9 Å². The van der Waals surface area contributed by atoms with E-state index in [2.05, 4.69) is 20.7 Å². The second-order valence-corrected chi connectivity index (χ2v) is 5.37. The quantitative estimate of drug-likeness (QED) is 0.580. The number of aryl methyl sites for hydroxylation is 2. The number of nitrogens with two attached hydrogens (primary N) is 1. The molecule has 4 N–H and O–H groups in total. The Kier molecular flexibility index (Phi) is 4.08. The second kappa shape index (κ2) is 5.77. The molecule has 2 rings (SSSR count). The number of amides is 1. The summed E-state index contributed by atoms with van der Waals surface area (Å²) < 4.78 is 0. The molecule has 2 heterocycles. The van der Waals surface area contributed by atoms with Crippen LogP contribution in [0.5, 0.6) is 0 Å². The van der Waals surface area contributed by atoms with Gasteiger partial charge in [0.25, 0.3) is 5.91 Å². The third kappa shape index (κ3) is 3.49. The van der Waals surface area contributed by atoms with Crippen LogP contribution in [0.3, 0.4) is 0 Å². The lowest BCUT2D eigenvalue weighted by Crippen LogP contribution is -2.23. The first-order chi connectivity index (χ1) is 9.08. The summed E-state index contributed by atoms with van der Waals surface area (Å²) in [4.78, 5) is 21.3. The van der Waals surface area contributed by atoms with Crippen LogP contribution in [0.25, 0.3) is 0 Å². The van der Waals surface area contributed by atoms with E-state index in [1.165, 1.54) is 0 Å². The van der Waals surface area contributed by atoms with Gasteiger partial charge in [0.05, 0.1) is 11.6 Å². The Morgan fingerprint density at radius 3 is 2.84 bits per heavy atom. The van der Waals surface area contributed by atoms with Crippen LogP contribution in [0.1, 0.15) is 25.9 Å². The van der Waals surface area contributed by atoms with Gasteiger partial charge in [-0.1, -0.05) is 0 Å². The maximum absolute atomic E-state index is 12.0. The van der Waals surface area contributed by atoms with Crippen LogP contribution in [0.2, 0.25) is 0 Å². The summed E-state index contributed by atoms with van der Waals surface area (Å²) in [5.74, 6) is 5.62. The number of nitrogen functional groups attached to an aromatic ring is 1. The van der Waals surface area contributed by atoms with E-state index < -0.39 is 0 Å². The molecule has 7 heteroatoms. The van der Waals surface area contributed by atoms with Gasteiger partial charge in [0.2, 0.25) is 0 Å². The normalized spacial score (nSPS) is 10.3. The Morgan fingerprint density at radius 2 is 2.21 bits per heavy atom. The van der Waals surface area contributed by atoms with Crippen molar-refractivity contribution in [3.05, 3.63) is 39.5 Å². The highest BCUT2D eigenvalue weighted by atomic mass is 32.1. The van der Waals surface area contributed by atoms with Crippen molar-refractivity contribution >= 4 is 23.1 Å². The maximum atomic E-state index is 12.0. The fourth-order valence-corrected chi connectivity index (χ4v) is 2.36. The van der Waals surface area contributed by atoms with Crippen molar-refractivity contribution in [1.82, 2.24) is 15.3 Å². The maximum Gasteiger partial charge on any atom is 0.251 e. The third-order valence-corrected chi connectivity index (χ3v) is 3.37. The van der Waals surface area contributed by atoms with Gasteiger partial charge in [0.1, 0.15) is 5.82 Å². The lowest BCUT2D eigenvalue weighted by Gasteiger charge is -2.06. The molecule has 0 aliphatic heterocycles. The van der Waals surface area contributed by atoms with Crippen LogP contribution < -0.4 is 16.6 Å². The van der Waals surface area contributed by atoms with Gasteiger partial charge in [-0.05, 0) is 26.0 Å². The fraction of sp³-hybridized carbons (Fsp3) is 0.250. The molecule has 0 bridgehead atoms. The number of hydrogen-bond donors (Lipinski definition) is 3. The van der Waals surface area contributed by atoms with Crippen LogP contribution in [0.4, 0.5) is 5.82 Å². The summed E-state index contributed by atoms with van der Waals surface area (Å²) in [5, 5.41) is 3.83. The van der Waals surface area contributed by atoms with Gasteiger partial charge in [-0.15, -0.1) is 11.3 Å². The molecular formula is C12H15N5OS. The summed E-state index contributed by atoms with van der Waals surface area (Å²) in [6.45, 7) is 4.21. The van der Waals surface area contributed by atoms with Crippen molar-refractivity contribution < 1.29 is 4.79 Å². The zero-order valence-corrected chi connectivity index (χ0v) is 11.5. The van der Waals surface area contributed by atoms with Crippen LogP contribution in [0.15, 0.2) is 18.3 Å². The van der Waals surface area contributed by atoms with E-state index in [0.717, 1.165) is 15.6 Å². The Hall–Kier alpha value is -1.99. The number of carbonyl (C=O) groups is 1. The Labute approximate surface area is 115 Å². The summed E-state index contributed by atoms with van der Waals surface area (Å²) in [7, 11) is 0. The summed E-state index contributed by atoms with van der Waals surface area (Å²) >= 11 is 1.57. The van der Waals surface area contributed by atoms with E-state index in [9.17, 15) is 4.79 Å². The molecule has 2 aromatic rings. The molecule has 0 unspecified atom stereocenters. The lowest BCUT2D eigenvalue weighted by molar-refractivity contribution is 0.0951. The monoisotopic (exact) mass is 277 g/mol. The number of carbonyl (C=O) groups excluding carboxylic acids is 1. The highest BCUT2D eigenvalue weighted by molar-refractivity contribution is 7.11. The van der Waals surface area contributed by atoms with Crippen molar-refractivity contribution in [2.24, 2.45) is 5.84 Å². The number of nitrogens with zero attached hydrogens (tertiary/aromatic N) is 2. The largest absolute Gasteiger partial charge is 0.347 e. The molecule has 0 saturated carbocycles. The Morgan fingerprint density at radius 1 is 1.42 bits per heavy atom. The molecule has 0 aromatic carbocycles. The van der Waals surface area contributed by atoms with Gasteiger partial charge in [0, 0.05) is 22.3 Å². The van der Waals surface area contributed by atoms with E-state index >= 15 is 0 Å². The number of rotatable bonds is 4. The van der Waals surface area contributed by atoms with Crippen LogP contribution >= 0.6 is 11.3 Å². The van der Waals surface area contributed by atoms with E-state index in [4.69, 9.17) is 5.84 Å². The average Bonchev–Trinajstić information content (AvgIpc) is 2.81. The molecule has 0 spiro atoms. The van der Waals surface area contributed by atoms with Crippen molar-refractivity contribution in [3.8, 4) is 0 Å². The summed E-state index contributed by atoms with van der Waals surface area (Å²) in [6.07, 6.45) is 1.77. The first-order valence-electron chi connectivity index (χ1n) is 5.73. The average molecular weight is 277 g/mol. The van der Waals surface area contributed by atoms with E-state index in [1.54, 1.807) is 29.7 Å².